The third-order valence-corrected chi connectivity index (χ3v) is 0.791. The van der Waals surface area contributed by atoms with Crippen molar-refractivity contribution in [2.45, 2.75) is 13.8 Å². The molecule has 0 radical (unpaired) electrons. The number of terminal acetylenes is 1. The van der Waals surface area contributed by atoms with Gasteiger partial charge in [0.25, 0.3) is 0 Å². The van der Waals surface area contributed by atoms with E-state index >= 15 is 0 Å². The fraction of sp³-hybridized carbons (Fsp3) is 0.250. The molecule has 0 aliphatic heterocycles. The molecule has 1 heteroatoms. The number of hydrogen-bond donors (Lipinski definition) is 0. The second-order valence-electron chi connectivity index (χ2n) is 1.75. The van der Waals surface area contributed by atoms with Crippen LogP contribution in [0.3, 0.4) is 0 Å². The Bertz CT molecular complexity index is 175. The molecule has 0 aliphatic carbocycles. The zero-order valence-electron chi connectivity index (χ0n) is 5.61. The highest BCUT2D eigenvalue weighted by Gasteiger charge is 1.78. The third-order valence-electron chi connectivity index (χ3n) is 0.791. The molecule has 0 aromatic heterocycles. The van der Waals surface area contributed by atoms with Crippen LogP contribution in [0.1, 0.15) is 13.8 Å². The van der Waals surface area contributed by atoms with E-state index in [9.17, 15) is 4.39 Å². The molecule has 0 amide bonds. The van der Waals surface area contributed by atoms with Gasteiger partial charge in [-0.3, -0.25) is 0 Å². The minimum Gasteiger partial charge on any atom is -0.212 e. The summed E-state index contributed by atoms with van der Waals surface area (Å²) in [5.74, 6) is 2.14. The monoisotopic (exact) mass is 124 g/mol. The summed E-state index contributed by atoms with van der Waals surface area (Å²) in [6.45, 7) is 3.12. The lowest BCUT2D eigenvalue weighted by molar-refractivity contribution is 0.640. The van der Waals surface area contributed by atoms with E-state index in [2.05, 4.69) is 5.92 Å². The van der Waals surface area contributed by atoms with E-state index in [1.165, 1.54) is 13.0 Å². The van der Waals surface area contributed by atoms with E-state index in [0.717, 1.165) is 5.57 Å². The zero-order chi connectivity index (χ0) is 7.28. The molecule has 0 rings (SSSR count). The molecule has 0 heterocycles. The first kappa shape index (κ1) is 7.97. The molecule has 0 nitrogen and oxygen atoms in total. The standard InChI is InChI=1S/C8H9F/c1-4-7(2)5-6-8(3)9/h1,5-6H,2-3H3/b7-5-,8-6+. The molecule has 0 spiro atoms. The van der Waals surface area contributed by atoms with Gasteiger partial charge in [0.15, 0.2) is 0 Å². The van der Waals surface area contributed by atoms with E-state index in [1.54, 1.807) is 13.0 Å². The molecule has 0 N–H and O–H groups in total. The SMILES string of the molecule is C#C/C(C)=C\C=C(/C)F. The van der Waals surface area contributed by atoms with Crippen molar-refractivity contribution in [2.75, 3.05) is 0 Å². The number of hydrogen-bond acceptors (Lipinski definition) is 0. The van der Waals surface area contributed by atoms with E-state index < -0.39 is 0 Å². The van der Waals surface area contributed by atoms with Crippen LogP contribution in [0.15, 0.2) is 23.6 Å². The quantitative estimate of drug-likeness (QED) is 0.372. The molecular weight excluding hydrogens is 115 g/mol. The second kappa shape index (κ2) is 3.91. The first-order chi connectivity index (χ1) is 4.16. The van der Waals surface area contributed by atoms with Crippen LogP contribution < -0.4 is 0 Å². The molecule has 48 valence electrons. The van der Waals surface area contributed by atoms with Gasteiger partial charge in [-0.25, -0.2) is 4.39 Å². The lowest BCUT2D eigenvalue weighted by atomic mass is 10.3. The van der Waals surface area contributed by atoms with Gasteiger partial charge in [0, 0.05) is 0 Å². The number of allylic oxidation sites excluding steroid dienone is 4. The average Bonchev–Trinajstić information content (AvgIpc) is 1.83. The van der Waals surface area contributed by atoms with E-state index in [1.807, 2.05) is 0 Å². The Labute approximate surface area is 55.1 Å². The summed E-state index contributed by atoms with van der Waals surface area (Å²) < 4.78 is 11.9. The van der Waals surface area contributed by atoms with Crippen LogP contribution in [0.4, 0.5) is 4.39 Å². The van der Waals surface area contributed by atoms with Gasteiger partial charge in [-0.2, -0.15) is 0 Å². The van der Waals surface area contributed by atoms with Crippen LogP contribution in [-0.2, 0) is 0 Å². The predicted octanol–water partition coefficient (Wildman–Crippen LogP) is 2.44. The fourth-order valence-electron chi connectivity index (χ4n) is 0.288. The highest BCUT2D eigenvalue weighted by molar-refractivity contribution is 5.27. The molecular formula is C8H9F. The largest absolute Gasteiger partial charge is 0.212 e. The maximum atomic E-state index is 11.9. The van der Waals surface area contributed by atoms with E-state index in [0.29, 0.717) is 0 Å². The van der Waals surface area contributed by atoms with Crippen molar-refractivity contribution >= 4 is 0 Å². The van der Waals surface area contributed by atoms with Crippen LogP contribution in [-0.4, -0.2) is 0 Å². The van der Waals surface area contributed by atoms with Gasteiger partial charge in [-0.05, 0) is 31.6 Å². The smallest absolute Gasteiger partial charge is 0.0969 e. The van der Waals surface area contributed by atoms with Crippen molar-refractivity contribution in [1.82, 2.24) is 0 Å². The van der Waals surface area contributed by atoms with Crippen LogP contribution in [0.5, 0.6) is 0 Å². The van der Waals surface area contributed by atoms with Crippen LogP contribution >= 0.6 is 0 Å². The summed E-state index contributed by atoms with van der Waals surface area (Å²) in [6.07, 6.45) is 7.90. The van der Waals surface area contributed by atoms with Gasteiger partial charge < -0.3 is 0 Å². The third kappa shape index (κ3) is 4.83. The second-order valence-corrected chi connectivity index (χ2v) is 1.75. The Kier molecular flexibility index (Phi) is 3.46. The van der Waals surface area contributed by atoms with Crippen LogP contribution in [0.2, 0.25) is 0 Å². The van der Waals surface area contributed by atoms with E-state index in [-0.39, 0.29) is 5.83 Å². The normalized spacial score (nSPS) is 13.1. The summed E-state index contributed by atoms with van der Waals surface area (Å²) in [4.78, 5) is 0. The molecule has 0 aliphatic rings. The minimum atomic E-state index is -0.232. The molecule has 0 aromatic carbocycles. The lowest BCUT2D eigenvalue weighted by Gasteiger charge is -1.81. The molecule has 0 atom stereocenters. The van der Waals surface area contributed by atoms with E-state index in [4.69, 9.17) is 6.42 Å². The van der Waals surface area contributed by atoms with Gasteiger partial charge in [0.1, 0.15) is 0 Å². The van der Waals surface area contributed by atoms with Gasteiger partial charge in [0.2, 0.25) is 0 Å². The topological polar surface area (TPSA) is 0 Å². The zero-order valence-corrected chi connectivity index (χ0v) is 5.61. The molecule has 0 saturated heterocycles. The van der Waals surface area contributed by atoms with Crippen molar-refractivity contribution in [2.24, 2.45) is 0 Å². The Morgan fingerprint density at radius 2 is 2.00 bits per heavy atom. The Morgan fingerprint density at radius 1 is 1.44 bits per heavy atom. The van der Waals surface area contributed by atoms with Gasteiger partial charge >= 0.3 is 0 Å². The van der Waals surface area contributed by atoms with Crippen molar-refractivity contribution in [3.8, 4) is 12.3 Å². The van der Waals surface area contributed by atoms with Crippen LogP contribution in [0.25, 0.3) is 0 Å². The maximum Gasteiger partial charge on any atom is 0.0969 e. The van der Waals surface area contributed by atoms with Crippen molar-refractivity contribution < 1.29 is 4.39 Å². The maximum absolute atomic E-state index is 11.9. The summed E-state index contributed by atoms with van der Waals surface area (Å²) in [7, 11) is 0. The lowest BCUT2D eigenvalue weighted by Crippen LogP contribution is -1.64. The first-order valence-electron chi connectivity index (χ1n) is 2.64. The molecule has 0 bridgehead atoms. The summed E-state index contributed by atoms with van der Waals surface area (Å²) in [5.41, 5.74) is 0.729. The van der Waals surface area contributed by atoms with Gasteiger partial charge in [-0.1, -0.05) is 5.92 Å². The number of halogens is 1. The highest BCUT2D eigenvalue weighted by atomic mass is 19.1. The predicted molar refractivity (Wildman–Crippen MR) is 37.5 cm³/mol. The van der Waals surface area contributed by atoms with Crippen LogP contribution in [0, 0.1) is 12.3 Å². The van der Waals surface area contributed by atoms with Crippen molar-refractivity contribution in [3.05, 3.63) is 23.6 Å². The molecule has 0 saturated carbocycles. The molecule has 9 heavy (non-hydrogen) atoms. The average molecular weight is 124 g/mol. The Hall–Kier alpha value is -1.03. The van der Waals surface area contributed by atoms with Gasteiger partial charge in [-0.15, -0.1) is 6.42 Å². The minimum absolute atomic E-state index is 0.232. The molecule has 0 fully saturated rings. The fourth-order valence-corrected chi connectivity index (χ4v) is 0.288. The Balaban J connectivity index is 4.03. The molecule has 0 unspecified atom stereocenters. The summed E-state index contributed by atoms with van der Waals surface area (Å²) >= 11 is 0. The molecule has 0 aromatic rings. The summed E-state index contributed by atoms with van der Waals surface area (Å²) in [6, 6.07) is 0. The van der Waals surface area contributed by atoms with Crippen molar-refractivity contribution in [1.29, 1.82) is 0 Å². The summed E-state index contributed by atoms with van der Waals surface area (Å²) in [5, 5.41) is 0. The first-order valence-corrected chi connectivity index (χ1v) is 2.64. The highest BCUT2D eigenvalue weighted by Crippen LogP contribution is 1.96. The Morgan fingerprint density at radius 3 is 2.33 bits per heavy atom. The van der Waals surface area contributed by atoms with Crippen molar-refractivity contribution in [3.63, 3.8) is 0 Å². The van der Waals surface area contributed by atoms with Gasteiger partial charge in [0.05, 0.1) is 5.83 Å². The number of rotatable bonds is 1.